The zero-order valence-electron chi connectivity index (χ0n) is 14.2. The van der Waals surface area contributed by atoms with Crippen molar-refractivity contribution in [2.75, 3.05) is 6.54 Å². The Kier molecular flexibility index (Phi) is 5.53. The molecule has 1 aliphatic rings. The van der Waals surface area contributed by atoms with Gasteiger partial charge in [-0.05, 0) is 0 Å². The van der Waals surface area contributed by atoms with Crippen molar-refractivity contribution in [3.8, 4) is 0 Å². The van der Waals surface area contributed by atoms with Gasteiger partial charge in [-0.2, -0.15) is 5.10 Å². The molecule has 0 spiro atoms. The average Bonchev–Trinajstić information content (AvgIpc) is 3.00. The average molecular weight is 349 g/mol. The van der Waals surface area contributed by atoms with E-state index < -0.39 is 0 Å². The quantitative estimate of drug-likeness (QED) is 0.493. The van der Waals surface area contributed by atoms with Gasteiger partial charge in [0.05, 0.1) is 5.71 Å². The fraction of sp³-hybridized carbons (Fsp3) is 0.200. The van der Waals surface area contributed by atoms with E-state index in [9.17, 15) is 14.4 Å². The van der Waals surface area contributed by atoms with Crippen LogP contribution in [0.4, 0.5) is 0 Å². The molecule has 1 fully saturated rings. The van der Waals surface area contributed by atoms with Crippen molar-refractivity contribution in [2.24, 2.45) is 5.10 Å². The first kappa shape index (κ1) is 17.5. The fourth-order valence-electron chi connectivity index (χ4n) is 2.75. The van der Waals surface area contributed by atoms with Crippen LogP contribution in [-0.4, -0.2) is 34.9 Å². The SMILES string of the molecule is O=C(CCN1C(=O)CCC1=O)NN=C(c1ccccc1)c1ccccc1. The molecule has 1 N–H and O–H groups in total. The number of carbonyl (C=O) groups excluding carboxylic acids is 3. The Bertz CT molecular complexity index is 774. The molecule has 3 amide bonds. The third-order valence-electron chi connectivity index (χ3n) is 4.10. The Morgan fingerprint density at radius 2 is 1.38 bits per heavy atom. The van der Waals surface area contributed by atoms with E-state index in [2.05, 4.69) is 10.5 Å². The number of hydrazone groups is 1. The summed E-state index contributed by atoms with van der Waals surface area (Å²) < 4.78 is 0. The van der Waals surface area contributed by atoms with E-state index in [1.165, 1.54) is 0 Å². The number of imide groups is 1. The van der Waals surface area contributed by atoms with Gasteiger partial charge in [-0.3, -0.25) is 19.3 Å². The molecule has 0 atom stereocenters. The Balaban J connectivity index is 1.69. The molecule has 132 valence electrons. The summed E-state index contributed by atoms with van der Waals surface area (Å²) in [5.74, 6) is -0.789. The molecule has 3 rings (SSSR count). The van der Waals surface area contributed by atoms with Gasteiger partial charge in [-0.15, -0.1) is 0 Å². The number of carbonyl (C=O) groups is 3. The van der Waals surface area contributed by atoms with Gasteiger partial charge >= 0.3 is 0 Å². The highest BCUT2D eigenvalue weighted by atomic mass is 16.2. The number of nitrogens with zero attached hydrogens (tertiary/aromatic N) is 2. The second kappa shape index (κ2) is 8.20. The number of amides is 3. The van der Waals surface area contributed by atoms with Crippen molar-refractivity contribution in [2.45, 2.75) is 19.3 Å². The minimum Gasteiger partial charge on any atom is -0.282 e. The van der Waals surface area contributed by atoms with E-state index in [1.807, 2.05) is 60.7 Å². The van der Waals surface area contributed by atoms with Crippen LogP contribution >= 0.6 is 0 Å². The normalized spacial score (nSPS) is 13.6. The third-order valence-corrected chi connectivity index (χ3v) is 4.10. The molecular formula is C20H19N3O3. The zero-order chi connectivity index (χ0) is 18.4. The van der Waals surface area contributed by atoms with Crippen LogP contribution in [0.25, 0.3) is 0 Å². The molecule has 26 heavy (non-hydrogen) atoms. The predicted molar refractivity (Wildman–Crippen MR) is 97.2 cm³/mol. The molecule has 0 radical (unpaired) electrons. The zero-order valence-corrected chi connectivity index (χ0v) is 14.2. The molecule has 0 bridgehead atoms. The topological polar surface area (TPSA) is 78.8 Å². The maximum Gasteiger partial charge on any atom is 0.241 e. The monoisotopic (exact) mass is 349 g/mol. The van der Waals surface area contributed by atoms with Crippen LogP contribution in [0.3, 0.4) is 0 Å². The summed E-state index contributed by atoms with van der Waals surface area (Å²) in [7, 11) is 0. The van der Waals surface area contributed by atoms with Gasteiger partial charge in [0.1, 0.15) is 0 Å². The minimum atomic E-state index is -0.345. The fourth-order valence-corrected chi connectivity index (χ4v) is 2.75. The first-order valence-electron chi connectivity index (χ1n) is 8.46. The van der Waals surface area contributed by atoms with E-state index in [1.54, 1.807) is 0 Å². The van der Waals surface area contributed by atoms with E-state index in [0.717, 1.165) is 16.0 Å². The van der Waals surface area contributed by atoms with Crippen molar-refractivity contribution in [3.05, 3.63) is 71.8 Å². The maximum atomic E-state index is 12.1. The highest BCUT2D eigenvalue weighted by Crippen LogP contribution is 2.12. The lowest BCUT2D eigenvalue weighted by molar-refractivity contribution is -0.138. The standard InChI is InChI=1S/C20H19N3O3/c24-17(13-14-23-18(25)11-12-19(23)26)21-22-20(15-7-3-1-4-8-15)16-9-5-2-6-10-16/h1-10H,11-14H2,(H,21,24). The molecule has 0 saturated carbocycles. The summed E-state index contributed by atoms with van der Waals surface area (Å²) in [6.07, 6.45) is 0.480. The Morgan fingerprint density at radius 1 is 0.885 bits per heavy atom. The molecule has 1 aliphatic heterocycles. The van der Waals surface area contributed by atoms with E-state index in [0.29, 0.717) is 5.71 Å². The van der Waals surface area contributed by atoms with Gasteiger partial charge in [0.2, 0.25) is 17.7 Å². The Labute approximate surface area is 151 Å². The molecule has 2 aromatic rings. The second-order valence-electron chi connectivity index (χ2n) is 5.92. The number of hydrogen-bond acceptors (Lipinski definition) is 4. The van der Waals surface area contributed by atoms with Crippen molar-refractivity contribution in [3.63, 3.8) is 0 Å². The van der Waals surface area contributed by atoms with Crippen LogP contribution in [0, 0.1) is 0 Å². The summed E-state index contributed by atoms with van der Waals surface area (Å²) in [6.45, 7) is 0.0883. The largest absolute Gasteiger partial charge is 0.282 e. The van der Waals surface area contributed by atoms with Crippen molar-refractivity contribution in [1.29, 1.82) is 0 Å². The van der Waals surface area contributed by atoms with Crippen molar-refractivity contribution in [1.82, 2.24) is 10.3 Å². The van der Waals surface area contributed by atoms with Crippen molar-refractivity contribution < 1.29 is 14.4 Å². The summed E-state index contributed by atoms with van der Waals surface area (Å²) in [5.41, 5.74) is 4.94. The van der Waals surface area contributed by atoms with Crippen LogP contribution < -0.4 is 5.43 Å². The number of likely N-dealkylation sites (tertiary alicyclic amines) is 1. The molecule has 6 heteroatoms. The number of benzene rings is 2. The van der Waals surface area contributed by atoms with Gasteiger partial charge in [0.25, 0.3) is 0 Å². The summed E-state index contributed by atoms with van der Waals surface area (Å²) in [5, 5.41) is 4.28. The molecular weight excluding hydrogens is 330 g/mol. The number of hydrogen-bond donors (Lipinski definition) is 1. The minimum absolute atomic E-state index is 0.0256. The van der Waals surface area contributed by atoms with E-state index in [-0.39, 0.29) is 43.5 Å². The lowest BCUT2D eigenvalue weighted by atomic mass is 10.0. The molecule has 0 aromatic heterocycles. The molecule has 1 heterocycles. The van der Waals surface area contributed by atoms with Crippen molar-refractivity contribution >= 4 is 23.4 Å². The third kappa shape index (κ3) is 4.22. The van der Waals surface area contributed by atoms with Gasteiger partial charge in [-0.1, -0.05) is 60.7 Å². The summed E-state index contributed by atoms with van der Waals surface area (Å²) in [6, 6.07) is 19.1. The van der Waals surface area contributed by atoms with Gasteiger partial charge in [-0.25, -0.2) is 5.43 Å². The van der Waals surface area contributed by atoms with Crippen LogP contribution in [0.5, 0.6) is 0 Å². The van der Waals surface area contributed by atoms with Crippen LogP contribution in [0.1, 0.15) is 30.4 Å². The molecule has 1 saturated heterocycles. The smallest absolute Gasteiger partial charge is 0.241 e. The van der Waals surface area contributed by atoms with Gasteiger partial charge in [0.15, 0.2) is 0 Å². The summed E-state index contributed by atoms with van der Waals surface area (Å²) >= 11 is 0. The molecule has 2 aromatic carbocycles. The Hall–Kier alpha value is -3.28. The van der Waals surface area contributed by atoms with Gasteiger partial charge < -0.3 is 0 Å². The first-order chi connectivity index (χ1) is 12.6. The highest BCUT2D eigenvalue weighted by Gasteiger charge is 2.28. The lowest BCUT2D eigenvalue weighted by Gasteiger charge is -2.13. The van der Waals surface area contributed by atoms with Crippen LogP contribution in [-0.2, 0) is 14.4 Å². The van der Waals surface area contributed by atoms with Crippen LogP contribution in [0.2, 0.25) is 0 Å². The molecule has 0 unspecified atom stereocenters. The van der Waals surface area contributed by atoms with Crippen LogP contribution in [0.15, 0.2) is 65.8 Å². The molecule has 0 aliphatic carbocycles. The first-order valence-corrected chi connectivity index (χ1v) is 8.46. The summed E-state index contributed by atoms with van der Waals surface area (Å²) in [4.78, 5) is 36.4. The Morgan fingerprint density at radius 3 is 1.88 bits per heavy atom. The predicted octanol–water partition coefficient (Wildman–Crippen LogP) is 2.09. The number of nitrogens with one attached hydrogen (secondary N) is 1. The molecule has 6 nitrogen and oxygen atoms in total. The van der Waals surface area contributed by atoms with Gasteiger partial charge in [0, 0.05) is 36.9 Å². The van der Waals surface area contributed by atoms with E-state index in [4.69, 9.17) is 0 Å². The maximum absolute atomic E-state index is 12.1. The highest BCUT2D eigenvalue weighted by molar-refractivity contribution is 6.13. The number of rotatable bonds is 6. The second-order valence-corrected chi connectivity index (χ2v) is 5.92. The van der Waals surface area contributed by atoms with E-state index >= 15 is 0 Å². The lowest BCUT2D eigenvalue weighted by Crippen LogP contribution is -2.33.